The first-order valence-corrected chi connectivity index (χ1v) is 10.6. The summed E-state index contributed by atoms with van der Waals surface area (Å²) in [4.78, 5) is 13.6. The Morgan fingerprint density at radius 2 is 1.63 bits per heavy atom. The van der Waals surface area contributed by atoms with Gasteiger partial charge < -0.3 is 19.3 Å². The first-order chi connectivity index (χ1) is 14.6. The van der Waals surface area contributed by atoms with Crippen LogP contribution in [0.5, 0.6) is 17.2 Å². The molecule has 0 saturated heterocycles. The van der Waals surface area contributed by atoms with Gasteiger partial charge in [-0.2, -0.15) is 0 Å². The molecule has 3 atom stereocenters. The van der Waals surface area contributed by atoms with Gasteiger partial charge in [0.1, 0.15) is 11.5 Å². The normalized spacial score (nSPS) is 20.8. The number of ketones is 1. The fraction of sp³-hybridized carbons (Fsp3) is 0.480. The first-order valence-electron chi connectivity index (χ1n) is 10.6. The minimum absolute atomic E-state index is 0.0526. The zero-order chi connectivity index (χ0) is 21.5. The average Bonchev–Trinajstić information content (AvgIpc) is 2.76. The van der Waals surface area contributed by atoms with E-state index < -0.39 is 0 Å². The molecule has 1 aliphatic rings. The molecular weight excluding hydrogens is 380 g/mol. The van der Waals surface area contributed by atoms with Crippen molar-refractivity contribution in [1.82, 2.24) is 0 Å². The van der Waals surface area contributed by atoms with Crippen LogP contribution in [0.25, 0.3) is 0 Å². The molecule has 1 aliphatic carbocycles. The molecule has 30 heavy (non-hydrogen) atoms. The number of aromatic hydroxyl groups is 1. The van der Waals surface area contributed by atoms with E-state index in [1.165, 1.54) is 0 Å². The molecule has 5 nitrogen and oxygen atoms in total. The van der Waals surface area contributed by atoms with Gasteiger partial charge in [-0.1, -0.05) is 37.5 Å². The van der Waals surface area contributed by atoms with Gasteiger partial charge in [-0.25, -0.2) is 0 Å². The van der Waals surface area contributed by atoms with Crippen LogP contribution in [0.15, 0.2) is 42.5 Å². The molecule has 5 heteroatoms. The van der Waals surface area contributed by atoms with Crippen molar-refractivity contribution < 1.29 is 24.1 Å². The molecule has 0 radical (unpaired) electrons. The molecule has 2 aromatic carbocycles. The van der Waals surface area contributed by atoms with Crippen molar-refractivity contribution in [3.8, 4) is 17.2 Å². The number of phenols is 1. The van der Waals surface area contributed by atoms with Gasteiger partial charge in [-0.05, 0) is 54.7 Å². The standard InChI is InChI=1S/C25H32O5/c1-28-22-14-9-17(16-23(22)29-2)15-19-7-5-4-6-8-21(24(19)27)25(30-3)18-10-12-20(26)13-11-18/h9-14,16,19,21,25-26H,4-8,15H2,1-3H3. The van der Waals surface area contributed by atoms with Crippen molar-refractivity contribution >= 4 is 5.78 Å². The summed E-state index contributed by atoms with van der Waals surface area (Å²) in [6.45, 7) is 0. The molecule has 1 fully saturated rings. The fourth-order valence-corrected chi connectivity index (χ4v) is 4.51. The number of hydrogen-bond donors (Lipinski definition) is 1. The van der Waals surface area contributed by atoms with Crippen LogP contribution in [0.3, 0.4) is 0 Å². The summed E-state index contributed by atoms with van der Waals surface area (Å²) < 4.78 is 16.6. The van der Waals surface area contributed by atoms with Gasteiger partial charge in [0.15, 0.2) is 11.5 Å². The Morgan fingerprint density at radius 1 is 0.933 bits per heavy atom. The third kappa shape index (κ3) is 5.14. The molecule has 2 aromatic rings. The highest BCUT2D eigenvalue weighted by Gasteiger charge is 2.35. The predicted octanol–water partition coefficient (Wildman–Crippen LogP) is 5.11. The van der Waals surface area contributed by atoms with Gasteiger partial charge in [-0.15, -0.1) is 0 Å². The maximum Gasteiger partial charge on any atom is 0.160 e. The van der Waals surface area contributed by atoms with Gasteiger partial charge >= 0.3 is 0 Å². The van der Waals surface area contributed by atoms with E-state index in [9.17, 15) is 9.90 Å². The second-order valence-electron chi connectivity index (χ2n) is 7.99. The largest absolute Gasteiger partial charge is 0.508 e. The molecule has 1 saturated carbocycles. The maximum absolute atomic E-state index is 13.6. The van der Waals surface area contributed by atoms with Crippen molar-refractivity contribution in [1.29, 1.82) is 0 Å². The van der Waals surface area contributed by atoms with Gasteiger partial charge in [0.25, 0.3) is 0 Å². The lowest BCUT2D eigenvalue weighted by Gasteiger charge is -2.31. The van der Waals surface area contributed by atoms with Crippen molar-refractivity contribution in [2.45, 2.75) is 44.6 Å². The molecule has 0 aromatic heterocycles. The Balaban J connectivity index is 1.84. The topological polar surface area (TPSA) is 65.0 Å². The molecule has 0 amide bonds. The van der Waals surface area contributed by atoms with E-state index in [1.807, 2.05) is 30.3 Å². The van der Waals surface area contributed by atoms with Crippen LogP contribution in [0.2, 0.25) is 0 Å². The summed E-state index contributed by atoms with van der Waals surface area (Å²) in [5.74, 6) is 1.61. The van der Waals surface area contributed by atoms with E-state index in [-0.39, 0.29) is 29.5 Å². The SMILES string of the molecule is COc1ccc(CC2CCCCCC(C(OC)c3ccc(O)cc3)C2=O)cc1OC. The molecule has 0 heterocycles. The number of carbonyl (C=O) groups excluding carboxylic acids is 1. The van der Waals surface area contributed by atoms with E-state index in [1.54, 1.807) is 33.5 Å². The summed E-state index contributed by atoms with van der Waals surface area (Å²) in [6.07, 6.45) is 5.30. The Labute approximate surface area is 179 Å². The lowest BCUT2D eigenvalue weighted by atomic mass is 9.76. The van der Waals surface area contributed by atoms with E-state index in [0.717, 1.165) is 43.2 Å². The molecule has 0 spiro atoms. The van der Waals surface area contributed by atoms with Crippen molar-refractivity contribution in [2.75, 3.05) is 21.3 Å². The van der Waals surface area contributed by atoms with Crippen LogP contribution < -0.4 is 9.47 Å². The minimum atomic E-state index is -0.302. The Morgan fingerprint density at radius 3 is 2.30 bits per heavy atom. The number of carbonyl (C=O) groups is 1. The highest BCUT2D eigenvalue weighted by Crippen LogP contribution is 2.37. The van der Waals surface area contributed by atoms with Crippen LogP contribution >= 0.6 is 0 Å². The molecule has 3 unspecified atom stereocenters. The quantitative estimate of drug-likeness (QED) is 0.685. The van der Waals surface area contributed by atoms with Gasteiger partial charge in [0.2, 0.25) is 0 Å². The third-order valence-corrected chi connectivity index (χ3v) is 6.11. The summed E-state index contributed by atoms with van der Waals surface area (Å²) >= 11 is 0. The number of rotatable bonds is 7. The summed E-state index contributed by atoms with van der Waals surface area (Å²) in [5, 5.41) is 9.62. The lowest BCUT2D eigenvalue weighted by molar-refractivity contribution is -0.132. The summed E-state index contributed by atoms with van der Waals surface area (Å²) in [5.41, 5.74) is 2.00. The zero-order valence-corrected chi connectivity index (χ0v) is 18.1. The van der Waals surface area contributed by atoms with Crippen molar-refractivity contribution in [2.24, 2.45) is 11.8 Å². The summed E-state index contributed by atoms with van der Waals surface area (Å²) in [6, 6.07) is 12.9. The number of Topliss-reactive ketones (excluding diaryl/α,β-unsaturated/α-hetero) is 1. The molecule has 3 rings (SSSR count). The second-order valence-corrected chi connectivity index (χ2v) is 7.99. The Bertz CT molecular complexity index is 830. The number of ether oxygens (including phenoxy) is 3. The van der Waals surface area contributed by atoms with Gasteiger partial charge in [0.05, 0.1) is 20.3 Å². The summed E-state index contributed by atoms with van der Waals surface area (Å²) in [7, 11) is 4.90. The lowest BCUT2D eigenvalue weighted by Crippen LogP contribution is -2.32. The first kappa shape index (κ1) is 22.2. The van der Waals surface area contributed by atoms with E-state index in [2.05, 4.69) is 0 Å². The monoisotopic (exact) mass is 412 g/mol. The van der Waals surface area contributed by atoms with Crippen molar-refractivity contribution in [3.63, 3.8) is 0 Å². The molecule has 0 aliphatic heterocycles. The zero-order valence-electron chi connectivity index (χ0n) is 18.1. The highest BCUT2D eigenvalue weighted by molar-refractivity contribution is 5.84. The van der Waals surface area contributed by atoms with Gasteiger partial charge in [0, 0.05) is 18.9 Å². The molecule has 1 N–H and O–H groups in total. The van der Waals surface area contributed by atoms with Crippen LogP contribution in [-0.4, -0.2) is 32.2 Å². The van der Waals surface area contributed by atoms with Crippen LogP contribution in [0.4, 0.5) is 0 Å². The number of methoxy groups -OCH3 is 3. The van der Waals surface area contributed by atoms with E-state index >= 15 is 0 Å². The molecular formula is C25H32O5. The highest BCUT2D eigenvalue weighted by atomic mass is 16.5. The van der Waals surface area contributed by atoms with Crippen LogP contribution in [0, 0.1) is 11.8 Å². The van der Waals surface area contributed by atoms with Crippen LogP contribution in [-0.2, 0) is 16.0 Å². The molecule has 162 valence electrons. The van der Waals surface area contributed by atoms with E-state index in [4.69, 9.17) is 14.2 Å². The molecule has 0 bridgehead atoms. The van der Waals surface area contributed by atoms with E-state index in [0.29, 0.717) is 17.9 Å². The number of hydrogen-bond acceptors (Lipinski definition) is 5. The Kier molecular flexibility index (Phi) is 7.75. The number of benzene rings is 2. The van der Waals surface area contributed by atoms with Crippen LogP contribution in [0.1, 0.15) is 49.3 Å². The average molecular weight is 413 g/mol. The maximum atomic E-state index is 13.6. The second kappa shape index (κ2) is 10.5. The Hall–Kier alpha value is -2.53. The predicted molar refractivity (Wildman–Crippen MR) is 116 cm³/mol. The number of phenolic OH excluding ortho intramolecular Hbond substituents is 1. The smallest absolute Gasteiger partial charge is 0.160 e. The van der Waals surface area contributed by atoms with Crippen molar-refractivity contribution in [3.05, 3.63) is 53.6 Å². The minimum Gasteiger partial charge on any atom is -0.508 e. The fourth-order valence-electron chi connectivity index (χ4n) is 4.51. The van der Waals surface area contributed by atoms with Gasteiger partial charge in [-0.3, -0.25) is 4.79 Å². The third-order valence-electron chi connectivity index (χ3n) is 6.11.